The van der Waals surface area contributed by atoms with Gasteiger partial charge < -0.3 is 10.4 Å². The van der Waals surface area contributed by atoms with Gasteiger partial charge in [-0.25, -0.2) is 13.2 Å². The topological polar surface area (TPSA) is 86.7 Å². The lowest BCUT2D eigenvalue weighted by Crippen LogP contribution is -2.39. The number of carboxylic acids is 1. The molecular weight excluding hydrogens is 340 g/mol. The Balaban J connectivity index is 1.88. The molecule has 0 atom stereocenters. The van der Waals surface area contributed by atoms with Crippen molar-refractivity contribution in [3.63, 3.8) is 0 Å². The van der Waals surface area contributed by atoms with Gasteiger partial charge in [-0.05, 0) is 35.9 Å². The van der Waals surface area contributed by atoms with Gasteiger partial charge in [-0.1, -0.05) is 23.7 Å². The van der Waals surface area contributed by atoms with Gasteiger partial charge in [0.05, 0.1) is 17.9 Å². The Morgan fingerprint density at radius 1 is 1.22 bits per heavy atom. The highest BCUT2D eigenvalue weighted by atomic mass is 35.5. The van der Waals surface area contributed by atoms with Crippen LogP contribution in [0.3, 0.4) is 0 Å². The molecule has 0 amide bonds. The van der Waals surface area contributed by atoms with Gasteiger partial charge in [0, 0.05) is 11.6 Å². The lowest BCUT2D eigenvalue weighted by atomic mass is 10.1. The molecule has 0 fully saturated rings. The van der Waals surface area contributed by atoms with E-state index in [0.29, 0.717) is 16.3 Å². The minimum Gasteiger partial charge on any atom is -0.478 e. The van der Waals surface area contributed by atoms with Crippen molar-refractivity contribution in [1.82, 2.24) is 4.31 Å². The van der Waals surface area contributed by atoms with E-state index < -0.39 is 16.0 Å². The fourth-order valence-electron chi connectivity index (χ4n) is 2.35. The summed E-state index contributed by atoms with van der Waals surface area (Å²) in [6.45, 7) is 0.277. The molecule has 2 aromatic rings. The SMILES string of the molecule is O=C(O)c1ccc(CN2CNc3ccc(Cl)cc3S2(=O)=O)cc1. The van der Waals surface area contributed by atoms with Gasteiger partial charge in [-0.3, -0.25) is 0 Å². The van der Waals surface area contributed by atoms with E-state index >= 15 is 0 Å². The number of anilines is 1. The Kier molecular flexibility index (Phi) is 4.01. The zero-order valence-corrected chi connectivity index (χ0v) is 13.4. The second kappa shape index (κ2) is 5.84. The summed E-state index contributed by atoms with van der Waals surface area (Å²) in [6, 6.07) is 10.8. The summed E-state index contributed by atoms with van der Waals surface area (Å²) >= 11 is 5.89. The minimum atomic E-state index is -3.66. The molecule has 0 bridgehead atoms. The molecule has 1 heterocycles. The molecule has 2 aromatic carbocycles. The van der Waals surface area contributed by atoms with Crippen LogP contribution in [-0.4, -0.2) is 30.5 Å². The van der Waals surface area contributed by atoms with Gasteiger partial charge in [0.2, 0.25) is 10.0 Å². The standard InChI is InChI=1S/C15H13ClN2O4S/c16-12-5-6-13-14(7-12)23(21,22)18(9-17-13)8-10-1-3-11(4-2-10)15(19)20/h1-7,17H,8-9H2,(H,19,20). The smallest absolute Gasteiger partial charge is 0.335 e. The zero-order valence-electron chi connectivity index (χ0n) is 11.9. The molecule has 0 saturated heterocycles. The molecule has 8 heteroatoms. The number of hydrogen-bond acceptors (Lipinski definition) is 4. The molecule has 0 unspecified atom stereocenters. The lowest BCUT2D eigenvalue weighted by Gasteiger charge is -2.29. The molecule has 2 N–H and O–H groups in total. The van der Waals surface area contributed by atoms with Crippen LogP contribution >= 0.6 is 11.6 Å². The molecule has 6 nitrogen and oxygen atoms in total. The maximum atomic E-state index is 12.7. The predicted molar refractivity (Wildman–Crippen MR) is 86.1 cm³/mol. The molecule has 1 aliphatic rings. The number of fused-ring (bicyclic) bond motifs is 1. The Labute approximate surface area is 138 Å². The third kappa shape index (κ3) is 3.03. The average Bonchev–Trinajstić information content (AvgIpc) is 2.51. The zero-order chi connectivity index (χ0) is 16.6. The van der Waals surface area contributed by atoms with Crippen LogP contribution in [0.15, 0.2) is 47.4 Å². The summed E-state index contributed by atoms with van der Waals surface area (Å²) in [6.07, 6.45) is 0. The molecule has 1 aliphatic heterocycles. The monoisotopic (exact) mass is 352 g/mol. The number of benzene rings is 2. The summed E-state index contributed by atoms with van der Waals surface area (Å²) in [7, 11) is -3.66. The maximum Gasteiger partial charge on any atom is 0.335 e. The van der Waals surface area contributed by atoms with Crippen molar-refractivity contribution in [1.29, 1.82) is 0 Å². The van der Waals surface area contributed by atoms with Crippen LogP contribution < -0.4 is 5.32 Å². The van der Waals surface area contributed by atoms with Crippen molar-refractivity contribution >= 4 is 33.3 Å². The molecular formula is C15H13ClN2O4S. The summed E-state index contributed by atoms with van der Waals surface area (Å²) in [5.74, 6) is -1.02. The minimum absolute atomic E-state index is 0.137. The number of carbonyl (C=O) groups is 1. The molecule has 0 aromatic heterocycles. The van der Waals surface area contributed by atoms with Crippen molar-refractivity contribution in [2.24, 2.45) is 0 Å². The van der Waals surface area contributed by atoms with Crippen molar-refractivity contribution in [2.45, 2.75) is 11.4 Å². The molecule has 3 rings (SSSR count). The first-order valence-electron chi connectivity index (χ1n) is 6.74. The van der Waals surface area contributed by atoms with Crippen LogP contribution in [0, 0.1) is 0 Å². The van der Waals surface area contributed by atoms with Gasteiger partial charge >= 0.3 is 5.97 Å². The van der Waals surface area contributed by atoms with E-state index in [2.05, 4.69) is 5.32 Å². The second-order valence-electron chi connectivity index (χ2n) is 5.09. The fourth-order valence-corrected chi connectivity index (χ4v) is 4.11. The van der Waals surface area contributed by atoms with E-state index in [-0.39, 0.29) is 23.7 Å². The first-order valence-corrected chi connectivity index (χ1v) is 8.55. The van der Waals surface area contributed by atoms with Gasteiger partial charge in [0.1, 0.15) is 4.90 Å². The van der Waals surface area contributed by atoms with E-state index in [4.69, 9.17) is 16.7 Å². The van der Waals surface area contributed by atoms with E-state index in [1.165, 1.54) is 22.5 Å². The second-order valence-corrected chi connectivity index (χ2v) is 7.44. The molecule has 23 heavy (non-hydrogen) atoms. The van der Waals surface area contributed by atoms with E-state index in [0.717, 1.165) is 0 Å². The van der Waals surface area contributed by atoms with Crippen LogP contribution in [-0.2, 0) is 16.6 Å². The summed E-state index contributed by atoms with van der Waals surface area (Å²) < 4.78 is 26.6. The van der Waals surface area contributed by atoms with Crippen LogP contribution in [0.4, 0.5) is 5.69 Å². The van der Waals surface area contributed by atoms with Gasteiger partial charge in [0.25, 0.3) is 0 Å². The Hall–Kier alpha value is -2.09. The van der Waals surface area contributed by atoms with Gasteiger partial charge in [-0.2, -0.15) is 4.31 Å². The molecule has 120 valence electrons. The summed E-state index contributed by atoms with van der Waals surface area (Å²) in [5.41, 5.74) is 1.38. The number of nitrogens with zero attached hydrogens (tertiary/aromatic N) is 1. The van der Waals surface area contributed by atoms with Crippen LogP contribution in [0.5, 0.6) is 0 Å². The normalized spacial score (nSPS) is 16.4. The molecule has 0 aliphatic carbocycles. The number of aromatic carboxylic acids is 1. The highest BCUT2D eigenvalue weighted by Crippen LogP contribution is 2.32. The van der Waals surface area contributed by atoms with Crippen molar-refractivity contribution in [2.75, 3.05) is 12.0 Å². The van der Waals surface area contributed by atoms with E-state index in [1.807, 2.05) is 0 Å². The number of nitrogens with one attached hydrogen (secondary N) is 1. The van der Waals surface area contributed by atoms with Crippen LogP contribution in [0.1, 0.15) is 15.9 Å². The highest BCUT2D eigenvalue weighted by molar-refractivity contribution is 7.89. The van der Waals surface area contributed by atoms with Crippen molar-refractivity contribution in [3.8, 4) is 0 Å². The first-order chi connectivity index (χ1) is 10.9. The highest BCUT2D eigenvalue weighted by Gasteiger charge is 2.31. The molecule has 0 spiro atoms. The number of halogens is 1. The van der Waals surface area contributed by atoms with Crippen molar-refractivity contribution < 1.29 is 18.3 Å². The number of carboxylic acid groups (broad SMARTS) is 1. The average molecular weight is 353 g/mol. The molecule has 0 radical (unpaired) electrons. The van der Waals surface area contributed by atoms with Gasteiger partial charge in [0.15, 0.2) is 0 Å². The summed E-state index contributed by atoms with van der Waals surface area (Å²) in [4.78, 5) is 11.0. The number of sulfonamides is 1. The largest absolute Gasteiger partial charge is 0.478 e. The van der Waals surface area contributed by atoms with E-state index in [9.17, 15) is 13.2 Å². The Morgan fingerprint density at radius 3 is 2.57 bits per heavy atom. The first kappa shape index (κ1) is 15.8. The summed E-state index contributed by atoms with van der Waals surface area (Å²) in [5, 5.41) is 12.3. The third-order valence-corrected chi connectivity index (χ3v) is 5.63. The maximum absolute atomic E-state index is 12.7. The quantitative estimate of drug-likeness (QED) is 0.886. The molecule has 0 saturated carbocycles. The predicted octanol–water partition coefficient (Wildman–Crippen LogP) is 2.61. The number of hydrogen-bond donors (Lipinski definition) is 2. The lowest BCUT2D eigenvalue weighted by molar-refractivity contribution is 0.0697. The van der Waals surface area contributed by atoms with Crippen LogP contribution in [0.2, 0.25) is 5.02 Å². The number of rotatable bonds is 3. The third-order valence-electron chi connectivity index (χ3n) is 3.57. The van der Waals surface area contributed by atoms with Gasteiger partial charge in [-0.15, -0.1) is 0 Å². The van der Waals surface area contributed by atoms with Crippen LogP contribution in [0.25, 0.3) is 0 Å². The fraction of sp³-hybridized carbons (Fsp3) is 0.133. The Bertz CT molecular complexity index is 866. The van der Waals surface area contributed by atoms with E-state index in [1.54, 1.807) is 24.3 Å². The Morgan fingerprint density at radius 2 is 1.91 bits per heavy atom. The van der Waals surface area contributed by atoms with Crippen molar-refractivity contribution in [3.05, 3.63) is 58.6 Å².